The van der Waals surface area contributed by atoms with Gasteiger partial charge in [0.1, 0.15) is 11.4 Å². The molecule has 4 aromatic carbocycles. The van der Waals surface area contributed by atoms with Gasteiger partial charge in [-0.2, -0.15) is 13.2 Å². The monoisotopic (exact) mass is 545 g/mol. The Labute approximate surface area is 226 Å². The maximum absolute atomic E-state index is 13.5. The topological polar surface area (TPSA) is 107 Å². The van der Waals surface area contributed by atoms with Gasteiger partial charge in [-0.25, -0.2) is 4.79 Å². The van der Waals surface area contributed by atoms with Crippen LogP contribution in [0.15, 0.2) is 89.1 Å². The fourth-order valence-corrected chi connectivity index (χ4v) is 4.54. The number of halogens is 3. The first-order valence-electron chi connectivity index (χ1n) is 12.1. The zero-order valence-corrected chi connectivity index (χ0v) is 21.2. The van der Waals surface area contributed by atoms with Crippen LogP contribution in [-0.4, -0.2) is 25.9 Å². The van der Waals surface area contributed by atoms with Gasteiger partial charge in [0.25, 0.3) is 0 Å². The molecule has 3 N–H and O–H groups in total. The maximum atomic E-state index is 13.5. The van der Waals surface area contributed by atoms with Gasteiger partial charge >= 0.3 is 12.1 Å². The third kappa shape index (κ3) is 4.64. The molecule has 0 fully saturated rings. The standard InChI is InChI=1S/C30H22F3N3O4/c1-16-13-23-24(14-17(16)2)36(19-8-5-7-18(15-19)30(31,32)33)28(38)27(23)35-34-26-21(10-6-11-22(26)29(39)40)20-9-3-4-12-25(20)37/h3-15,37-38H,1-2H3,(H,39,40). The van der Waals surface area contributed by atoms with Crippen LogP contribution in [0.25, 0.3) is 27.7 Å². The molecule has 0 spiro atoms. The van der Waals surface area contributed by atoms with Gasteiger partial charge in [0, 0.05) is 22.2 Å². The van der Waals surface area contributed by atoms with Crippen molar-refractivity contribution in [2.45, 2.75) is 20.0 Å². The maximum Gasteiger partial charge on any atom is 0.416 e. The van der Waals surface area contributed by atoms with Gasteiger partial charge in [-0.3, -0.25) is 4.57 Å². The lowest BCUT2D eigenvalue weighted by Gasteiger charge is -2.12. The molecular formula is C30H22F3N3O4. The van der Waals surface area contributed by atoms with E-state index >= 15 is 0 Å². The Hall–Kier alpha value is -5.12. The van der Waals surface area contributed by atoms with Crippen LogP contribution in [0, 0.1) is 13.8 Å². The number of aryl methyl sites for hydroxylation is 2. The van der Waals surface area contributed by atoms with Crippen molar-refractivity contribution in [2.24, 2.45) is 10.2 Å². The number of carboxylic acids is 1. The number of aromatic nitrogens is 1. The minimum atomic E-state index is -4.59. The number of benzene rings is 4. The summed E-state index contributed by atoms with van der Waals surface area (Å²) in [5, 5.41) is 40.4. The summed E-state index contributed by atoms with van der Waals surface area (Å²) in [7, 11) is 0. The number of carbonyl (C=O) groups is 1. The van der Waals surface area contributed by atoms with Crippen LogP contribution < -0.4 is 0 Å². The van der Waals surface area contributed by atoms with Crippen LogP contribution >= 0.6 is 0 Å². The molecule has 5 rings (SSSR count). The van der Waals surface area contributed by atoms with E-state index in [2.05, 4.69) is 10.2 Å². The second-order valence-electron chi connectivity index (χ2n) is 9.23. The summed E-state index contributed by atoms with van der Waals surface area (Å²) in [5.74, 6) is -1.86. The molecule has 40 heavy (non-hydrogen) atoms. The molecule has 0 aliphatic heterocycles. The van der Waals surface area contributed by atoms with Gasteiger partial charge in [0.2, 0.25) is 5.88 Å². The number of hydrogen-bond acceptors (Lipinski definition) is 5. The smallest absolute Gasteiger partial charge is 0.416 e. The number of carboxylic acid groups (broad SMARTS) is 1. The summed E-state index contributed by atoms with van der Waals surface area (Å²) >= 11 is 0. The zero-order valence-electron chi connectivity index (χ0n) is 21.2. The number of hydrogen-bond donors (Lipinski definition) is 3. The van der Waals surface area contributed by atoms with E-state index in [4.69, 9.17) is 0 Å². The number of para-hydroxylation sites is 1. The highest BCUT2D eigenvalue weighted by atomic mass is 19.4. The van der Waals surface area contributed by atoms with Gasteiger partial charge in [-0.15, -0.1) is 10.2 Å². The van der Waals surface area contributed by atoms with Crippen LogP contribution in [0.3, 0.4) is 0 Å². The average Bonchev–Trinajstić information content (AvgIpc) is 3.17. The highest BCUT2D eigenvalue weighted by Crippen LogP contribution is 2.45. The largest absolute Gasteiger partial charge is 0.507 e. The molecule has 0 saturated carbocycles. The molecule has 0 aliphatic rings. The molecule has 0 radical (unpaired) electrons. The van der Waals surface area contributed by atoms with Crippen LogP contribution in [0.2, 0.25) is 0 Å². The summed E-state index contributed by atoms with van der Waals surface area (Å²) in [4.78, 5) is 12.1. The van der Waals surface area contributed by atoms with Gasteiger partial charge in [0.05, 0.1) is 16.6 Å². The minimum Gasteiger partial charge on any atom is -0.507 e. The first-order valence-corrected chi connectivity index (χ1v) is 12.1. The molecule has 7 nitrogen and oxygen atoms in total. The Morgan fingerprint density at radius 3 is 2.15 bits per heavy atom. The van der Waals surface area contributed by atoms with Gasteiger partial charge in [-0.05, 0) is 67.4 Å². The van der Waals surface area contributed by atoms with E-state index in [0.29, 0.717) is 16.5 Å². The Bertz CT molecular complexity index is 1820. The fourth-order valence-electron chi connectivity index (χ4n) is 4.54. The Balaban J connectivity index is 1.76. The van der Waals surface area contributed by atoms with Crippen molar-refractivity contribution in [3.05, 3.63) is 101 Å². The van der Waals surface area contributed by atoms with E-state index in [9.17, 15) is 33.3 Å². The van der Waals surface area contributed by atoms with Crippen molar-refractivity contribution < 1.29 is 33.3 Å². The Morgan fingerprint density at radius 1 is 0.800 bits per heavy atom. The number of phenolic OH excluding ortho intramolecular Hbond substituents is 1. The highest BCUT2D eigenvalue weighted by Gasteiger charge is 2.31. The van der Waals surface area contributed by atoms with E-state index in [0.717, 1.165) is 23.3 Å². The summed E-state index contributed by atoms with van der Waals surface area (Å²) in [6.07, 6.45) is -4.59. The Morgan fingerprint density at radius 2 is 1.45 bits per heavy atom. The normalized spacial score (nSPS) is 11.9. The van der Waals surface area contributed by atoms with E-state index < -0.39 is 23.6 Å². The lowest BCUT2D eigenvalue weighted by molar-refractivity contribution is -0.137. The number of aromatic hydroxyl groups is 2. The van der Waals surface area contributed by atoms with E-state index in [-0.39, 0.29) is 33.9 Å². The van der Waals surface area contributed by atoms with Crippen molar-refractivity contribution in [3.63, 3.8) is 0 Å². The average molecular weight is 546 g/mol. The highest BCUT2D eigenvalue weighted by molar-refractivity contribution is 5.99. The second kappa shape index (κ2) is 9.88. The summed E-state index contributed by atoms with van der Waals surface area (Å²) < 4.78 is 41.6. The third-order valence-electron chi connectivity index (χ3n) is 6.67. The quantitative estimate of drug-likeness (QED) is 0.193. The molecule has 0 bridgehead atoms. The molecule has 0 amide bonds. The van der Waals surface area contributed by atoms with Crippen molar-refractivity contribution in [3.8, 4) is 28.4 Å². The van der Waals surface area contributed by atoms with Crippen LogP contribution in [-0.2, 0) is 6.18 Å². The van der Waals surface area contributed by atoms with Crippen molar-refractivity contribution >= 4 is 28.2 Å². The predicted molar refractivity (Wildman–Crippen MR) is 144 cm³/mol. The molecule has 1 heterocycles. The first kappa shape index (κ1) is 26.5. The van der Waals surface area contributed by atoms with E-state index in [1.165, 1.54) is 34.9 Å². The predicted octanol–water partition coefficient (Wildman–Crippen LogP) is 8.46. The van der Waals surface area contributed by atoms with Crippen LogP contribution in [0.4, 0.5) is 24.5 Å². The second-order valence-corrected chi connectivity index (χ2v) is 9.23. The molecule has 1 aromatic heterocycles. The number of alkyl halides is 3. The zero-order chi connectivity index (χ0) is 28.8. The SMILES string of the molecule is Cc1cc2c(N=Nc3c(C(=O)O)cccc3-c3ccccc3O)c(O)n(-c3cccc(C(F)(F)F)c3)c2cc1C. The summed E-state index contributed by atoms with van der Waals surface area (Å²) in [6.45, 7) is 3.67. The molecule has 0 unspecified atom stereocenters. The van der Waals surface area contributed by atoms with Crippen molar-refractivity contribution in [1.82, 2.24) is 4.57 Å². The molecule has 0 aliphatic carbocycles. The minimum absolute atomic E-state index is 0.0565. The van der Waals surface area contributed by atoms with Crippen molar-refractivity contribution in [2.75, 3.05) is 0 Å². The summed E-state index contributed by atoms with van der Waals surface area (Å²) in [6, 6.07) is 18.7. The third-order valence-corrected chi connectivity index (χ3v) is 6.67. The number of phenols is 1. The van der Waals surface area contributed by atoms with E-state index in [1.54, 1.807) is 36.4 Å². The number of nitrogens with zero attached hydrogens (tertiary/aromatic N) is 3. The summed E-state index contributed by atoms with van der Waals surface area (Å²) in [5.41, 5.74) is 1.52. The van der Waals surface area contributed by atoms with Gasteiger partial charge < -0.3 is 15.3 Å². The lowest BCUT2D eigenvalue weighted by atomic mass is 9.99. The molecule has 10 heteroatoms. The van der Waals surface area contributed by atoms with Crippen LogP contribution in [0.5, 0.6) is 11.6 Å². The molecule has 202 valence electrons. The molecular weight excluding hydrogens is 523 g/mol. The number of rotatable bonds is 5. The number of fused-ring (bicyclic) bond motifs is 1. The number of azo groups is 1. The van der Waals surface area contributed by atoms with Crippen LogP contribution in [0.1, 0.15) is 27.0 Å². The van der Waals surface area contributed by atoms with E-state index in [1.807, 2.05) is 13.8 Å². The van der Waals surface area contributed by atoms with Gasteiger partial charge in [0.15, 0.2) is 5.69 Å². The molecule has 5 aromatic rings. The number of aromatic carboxylic acids is 1. The molecule has 0 saturated heterocycles. The molecule has 0 atom stereocenters. The van der Waals surface area contributed by atoms with Crippen molar-refractivity contribution in [1.29, 1.82) is 0 Å². The lowest BCUT2D eigenvalue weighted by Crippen LogP contribution is -2.06. The first-order chi connectivity index (χ1) is 19.0. The Kier molecular flexibility index (Phi) is 6.54. The van der Waals surface area contributed by atoms with Gasteiger partial charge in [-0.1, -0.05) is 36.4 Å². The fraction of sp³-hybridized carbons (Fsp3) is 0.100.